The van der Waals surface area contributed by atoms with Gasteiger partial charge in [0.2, 0.25) is 0 Å². The number of hydrogen-bond donors (Lipinski definition) is 0. The smallest absolute Gasteiger partial charge is 0.138 e. The van der Waals surface area contributed by atoms with E-state index >= 15 is 0 Å². The maximum absolute atomic E-state index is 5.49. The fourth-order valence-corrected chi connectivity index (χ4v) is 3.40. The Morgan fingerprint density at radius 1 is 1.27 bits per heavy atom. The van der Waals surface area contributed by atoms with Crippen molar-refractivity contribution in [2.75, 3.05) is 13.1 Å². The molecule has 0 amide bonds. The molecule has 0 radical (unpaired) electrons. The molecule has 2 heterocycles. The van der Waals surface area contributed by atoms with E-state index in [2.05, 4.69) is 48.2 Å². The zero-order chi connectivity index (χ0) is 15.5. The first-order chi connectivity index (χ1) is 10.6. The molecule has 0 unspecified atom stereocenters. The zero-order valence-electron chi connectivity index (χ0n) is 13.9. The second-order valence-electron chi connectivity index (χ2n) is 6.81. The minimum atomic E-state index is 0.764. The minimum absolute atomic E-state index is 0.764. The fourth-order valence-electron chi connectivity index (χ4n) is 3.40. The minimum Gasteiger partial charge on any atom is -0.361 e. The summed E-state index contributed by atoms with van der Waals surface area (Å²) in [6, 6.07) is 10.4. The SMILES string of the molecule is Cc1onc(-c2ccccc2)c1CN1CCC[C@@H](C(C)C)C1. The van der Waals surface area contributed by atoms with Gasteiger partial charge in [0.15, 0.2) is 0 Å². The van der Waals surface area contributed by atoms with Gasteiger partial charge in [0.25, 0.3) is 0 Å². The Hall–Kier alpha value is -1.61. The van der Waals surface area contributed by atoms with E-state index in [1.54, 1.807) is 0 Å². The van der Waals surface area contributed by atoms with Crippen molar-refractivity contribution in [1.29, 1.82) is 0 Å². The first-order valence-electron chi connectivity index (χ1n) is 8.38. The van der Waals surface area contributed by atoms with Crippen molar-refractivity contribution < 1.29 is 4.52 Å². The molecule has 22 heavy (non-hydrogen) atoms. The van der Waals surface area contributed by atoms with Crippen LogP contribution in [0.25, 0.3) is 11.3 Å². The first kappa shape index (κ1) is 15.3. The molecule has 1 atom stereocenters. The molecular formula is C19H26N2O. The van der Waals surface area contributed by atoms with Crippen LogP contribution in [-0.4, -0.2) is 23.1 Å². The van der Waals surface area contributed by atoms with Gasteiger partial charge >= 0.3 is 0 Å². The van der Waals surface area contributed by atoms with Gasteiger partial charge in [-0.25, -0.2) is 0 Å². The van der Waals surface area contributed by atoms with Gasteiger partial charge in [-0.15, -0.1) is 0 Å². The average molecular weight is 298 g/mol. The Bertz CT molecular complexity index is 603. The number of piperidine rings is 1. The third kappa shape index (κ3) is 3.25. The number of rotatable bonds is 4. The Balaban J connectivity index is 1.79. The van der Waals surface area contributed by atoms with Crippen LogP contribution in [0.2, 0.25) is 0 Å². The number of aromatic nitrogens is 1. The van der Waals surface area contributed by atoms with Gasteiger partial charge < -0.3 is 4.52 Å². The fraction of sp³-hybridized carbons (Fsp3) is 0.526. The molecule has 3 rings (SSSR count). The van der Waals surface area contributed by atoms with E-state index in [1.165, 1.54) is 31.5 Å². The summed E-state index contributed by atoms with van der Waals surface area (Å²) < 4.78 is 5.49. The highest BCUT2D eigenvalue weighted by Crippen LogP contribution is 2.29. The van der Waals surface area contributed by atoms with Crippen molar-refractivity contribution in [3.8, 4) is 11.3 Å². The van der Waals surface area contributed by atoms with E-state index < -0.39 is 0 Å². The first-order valence-corrected chi connectivity index (χ1v) is 8.38. The third-order valence-electron chi connectivity index (χ3n) is 4.90. The number of likely N-dealkylation sites (tertiary alicyclic amines) is 1. The van der Waals surface area contributed by atoms with Crippen LogP contribution in [0.3, 0.4) is 0 Å². The quantitative estimate of drug-likeness (QED) is 0.831. The van der Waals surface area contributed by atoms with Crippen molar-refractivity contribution in [1.82, 2.24) is 10.1 Å². The molecule has 0 bridgehead atoms. The van der Waals surface area contributed by atoms with E-state index in [-0.39, 0.29) is 0 Å². The van der Waals surface area contributed by atoms with E-state index in [1.807, 2.05) is 13.0 Å². The summed E-state index contributed by atoms with van der Waals surface area (Å²) in [6.45, 7) is 10.0. The van der Waals surface area contributed by atoms with Crippen LogP contribution in [0, 0.1) is 18.8 Å². The van der Waals surface area contributed by atoms with Crippen LogP contribution in [0.4, 0.5) is 0 Å². The standard InChI is InChI=1S/C19H26N2O/c1-14(2)17-10-7-11-21(12-17)13-18-15(3)22-20-19(18)16-8-5-4-6-9-16/h4-6,8-9,14,17H,7,10-13H2,1-3H3/t17-/m1/s1. The Morgan fingerprint density at radius 2 is 2.05 bits per heavy atom. The van der Waals surface area contributed by atoms with Gasteiger partial charge in [-0.3, -0.25) is 4.90 Å². The molecule has 0 aliphatic carbocycles. The van der Waals surface area contributed by atoms with Gasteiger partial charge in [-0.2, -0.15) is 0 Å². The molecule has 3 heteroatoms. The van der Waals surface area contributed by atoms with Crippen molar-refractivity contribution in [2.45, 2.75) is 40.2 Å². The summed E-state index contributed by atoms with van der Waals surface area (Å²) >= 11 is 0. The second kappa shape index (κ2) is 6.66. The lowest BCUT2D eigenvalue weighted by molar-refractivity contribution is 0.139. The second-order valence-corrected chi connectivity index (χ2v) is 6.81. The van der Waals surface area contributed by atoms with Gasteiger partial charge in [0.1, 0.15) is 11.5 Å². The van der Waals surface area contributed by atoms with Crippen LogP contribution in [0.15, 0.2) is 34.9 Å². The predicted octanol–water partition coefficient (Wildman–Crippen LogP) is 4.52. The molecule has 1 aromatic heterocycles. The van der Waals surface area contributed by atoms with Crippen LogP contribution < -0.4 is 0 Å². The highest BCUT2D eigenvalue weighted by molar-refractivity contribution is 5.63. The van der Waals surface area contributed by atoms with Crippen LogP contribution >= 0.6 is 0 Å². The molecule has 0 spiro atoms. The zero-order valence-corrected chi connectivity index (χ0v) is 13.9. The Labute approximate surface area is 133 Å². The number of aryl methyl sites for hydroxylation is 1. The van der Waals surface area contributed by atoms with E-state index in [4.69, 9.17) is 4.52 Å². The van der Waals surface area contributed by atoms with Crippen LogP contribution in [0.5, 0.6) is 0 Å². The number of hydrogen-bond acceptors (Lipinski definition) is 3. The summed E-state index contributed by atoms with van der Waals surface area (Å²) in [5, 5.41) is 4.30. The van der Waals surface area contributed by atoms with E-state index in [0.29, 0.717) is 0 Å². The molecule has 1 saturated heterocycles. The Kier molecular flexibility index (Phi) is 4.63. The molecule has 1 aliphatic heterocycles. The van der Waals surface area contributed by atoms with Crippen molar-refractivity contribution in [3.05, 3.63) is 41.7 Å². The van der Waals surface area contributed by atoms with E-state index in [0.717, 1.165) is 35.4 Å². The maximum atomic E-state index is 5.49. The summed E-state index contributed by atoms with van der Waals surface area (Å²) in [5.74, 6) is 2.53. The average Bonchev–Trinajstić information content (AvgIpc) is 2.89. The number of nitrogens with zero attached hydrogens (tertiary/aromatic N) is 2. The topological polar surface area (TPSA) is 29.3 Å². The lowest BCUT2D eigenvalue weighted by Crippen LogP contribution is -2.37. The lowest BCUT2D eigenvalue weighted by atomic mass is 9.87. The maximum Gasteiger partial charge on any atom is 0.138 e. The van der Waals surface area contributed by atoms with Crippen molar-refractivity contribution in [3.63, 3.8) is 0 Å². The summed E-state index contributed by atoms with van der Waals surface area (Å²) in [6.07, 6.45) is 2.66. The summed E-state index contributed by atoms with van der Waals surface area (Å²) in [4.78, 5) is 2.57. The highest BCUT2D eigenvalue weighted by atomic mass is 16.5. The lowest BCUT2D eigenvalue weighted by Gasteiger charge is -2.34. The van der Waals surface area contributed by atoms with Gasteiger partial charge in [0, 0.05) is 24.2 Å². The predicted molar refractivity (Wildman–Crippen MR) is 89.5 cm³/mol. The molecule has 3 nitrogen and oxygen atoms in total. The van der Waals surface area contributed by atoms with Crippen LogP contribution in [0.1, 0.15) is 38.0 Å². The number of benzene rings is 1. The molecule has 1 aliphatic rings. The monoisotopic (exact) mass is 298 g/mol. The van der Waals surface area contributed by atoms with E-state index in [9.17, 15) is 0 Å². The van der Waals surface area contributed by atoms with Gasteiger partial charge in [-0.05, 0) is 38.1 Å². The van der Waals surface area contributed by atoms with Crippen molar-refractivity contribution in [2.24, 2.45) is 11.8 Å². The molecular weight excluding hydrogens is 272 g/mol. The summed E-state index contributed by atoms with van der Waals surface area (Å²) in [7, 11) is 0. The molecule has 1 fully saturated rings. The normalized spacial score (nSPS) is 19.7. The van der Waals surface area contributed by atoms with Gasteiger partial charge in [0.05, 0.1) is 0 Å². The molecule has 118 valence electrons. The third-order valence-corrected chi connectivity index (χ3v) is 4.90. The van der Waals surface area contributed by atoms with Crippen molar-refractivity contribution >= 4 is 0 Å². The summed E-state index contributed by atoms with van der Waals surface area (Å²) in [5.41, 5.74) is 3.40. The molecule has 0 saturated carbocycles. The van der Waals surface area contributed by atoms with Crippen LogP contribution in [-0.2, 0) is 6.54 Å². The Morgan fingerprint density at radius 3 is 2.77 bits per heavy atom. The highest BCUT2D eigenvalue weighted by Gasteiger charge is 2.24. The van der Waals surface area contributed by atoms with Gasteiger partial charge in [-0.1, -0.05) is 49.3 Å². The molecule has 2 aromatic rings. The molecule has 0 N–H and O–H groups in total. The molecule has 1 aromatic carbocycles. The largest absolute Gasteiger partial charge is 0.361 e.